The molecule has 0 fully saturated rings. The largest absolute Gasteiger partial charge is 0.493 e. The standard InChI is InChI=1S/C14H14BrF3O3/c15-11-5-9-1-4-21-13(9)10(6-11)7-12(19)2-3-20-8-14(16,17)18/h5-6H,1-4,7-8H2. The van der Waals surface area contributed by atoms with E-state index >= 15 is 0 Å². The number of carbonyl (C=O) groups excluding carboxylic acids is 1. The Balaban J connectivity index is 1.86. The third-order valence-corrected chi connectivity index (χ3v) is 3.46. The van der Waals surface area contributed by atoms with Crippen molar-refractivity contribution in [2.45, 2.75) is 25.4 Å². The van der Waals surface area contributed by atoms with Crippen LogP contribution in [0.3, 0.4) is 0 Å². The summed E-state index contributed by atoms with van der Waals surface area (Å²) in [7, 11) is 0. The molecule has 3 nitrogen and oxygen atoms in total. The van der Waals surface area contributed by atoms with Crippen molar-refractivity contribution in [2.24, 2.45) is 0 Å². The average molecular weight is 367 g/mol. The highest BCUT2D eigenvalue weighted by Crippen LogP contribution is 2.33. The number of hydrogen-bond donors (Lipinski definition) is 0. The number of Topliss-reactive ketones (excluding diaryl/α,β-unsaturated/α-hetero) is 1. The summed E-state index contributed by atoms with van der Waals surface area (Å²) in [4.78, 5) is 11.8. The van der Waals surface area contributed by atoms with E-state index < -0.39 is 12.8 Å². The van der Waals surface area contributed by atoms with Crippen molar-refractivity contribution in [3.8, 4) is 5.75 Å². The minimum Gasteiger partial charge on any atom is -0.493 e. The fourth-order valence-corrected chi connectivity index (χ4v) is 2.70. The van der Waals surface area contributed by atoms with E-state index in [9.17, 15) is 18.0 Å². The van der Waals surface area contributed by atoms with Crippen LogP contribution in [0.15, 0.2) is 16.6 Å². The Hall–Kier alpha value is -1.08. The summed E-state index contributed by atoms with van der Waals surface area (Å²) in [6.07, 6.45) is -3.47. The van der Waals surface area contributed by atoms with Gasteiger partial charge in [-0.3, -0.25) is 4.79 Å². The molecule has 1 aliphatic heterocycles. The summed E-state index contributed by atoms with van der Waals surface area (Å²) in [6.45, 7) is -0.966. The summed E-state index contributed by atoms with van der Waals surface area (Å²) in [5.41, 5.74) is 1.80. The first-order valence-corrected chi connectivity index (χ1v) is 7.25. The summed E-state index contributed by atoms with van der Waals surface area (Å²) in [5, 5.41) is 0. The van der Waals surface area contributed by atoms with Crippen LogP contribution in [-0.4, -0.2) is 31.8 Å². The molecule has 0 aromatic heterocycles. The lowest BCUT2D eigenvalue weighted by Crippen LogP contribution is -2.18. The third kappa shape index (κ3) is 5.00. The van der Waals surface area contributed by atoms with Crippen LogP contribution in [0.25, 0.3) is 0 Å². The minimum absolute atomic E-state index is 0.0443. The first kappa shape index (κ1) is 16.3. The fraction of sp³-hybridized carbons (Fsp3) is 0.500. The minimum atomic E-state index is -4.36. The second kappa shape index (κ2) is 6.79. The molecule has 0 unspecified atom stereocenters. The predicted octanol–water partition coefficient (Wildman–Crippen LogP) is 3.46. The van der Waals surface area contributed by atoms with Gasteiger partial charge in [0.1, 0.15) is 18.1 Å². The first-order valence-electron chi connectivity index (χ1n) is 6.45. The Morgan fingerprint density at radius 3 is 2.86 bits per heavy atom. The van der Waals surface area contributed by atoms with E-state index in [0.717, 1.165) is 27.8 Å². The third-order valence-electron chi connectivity index (χ3n) is 3.00. The topological polar surface area (TPSA) is 35.5 Å². The summed E-state index contributed by atoms with van der Waals surface area (Å²) in [5.74, 6) is 0.552. The number of halogens is 4. The van der Waals surface area contributed by atoms with E-state index in [2.05, 4.69) is 20.7 Å². The lowest BCUT2D eigenvalue weighted by Gasteiger charge is -2.09. The highest BCUT2D eigenvalue weighted by atomic mass is 79.9. The normalized spacial score (nSPS) is 13.9. The van der Waals surface area contributed by atoms with Crippen molar-refractivity contribution in [3.63, 3.8) is 0 Å². The zero-order chi connectivity index (χ0) is 15.5. The maximum Gasteiger partial charge on any atom is 0.411 e. The molecule has 0 saturated heterocycles. The van der Waals surface area contributed by atoms with Crippen LogP contribution in [-0.2, 0) is 22.4 Å². The Labute approximate surface area is 128 Å². The van der Waals surface area contributed by atoms with Crippen LogP contribution < -0.4 is 4.74 Å². The van der Waals surface area contributed by atoms with Gasteiger partial charge in [-0.1, -0.05) is 15.9 Å². The van der Waals surface area contributed by atoms with E-state index in [1.54, 1.807) is 6.07 Å². The van der Waals surface area contributed by atoms with Crippen LogP contribution in [0.4, 0.5) is 13.2 Å². The van der Waals surface area contributed by atoms with E-state index in [4.69, 9.17) is 4.74 Å². The quantitative estimate of drug-likeness (QED) is 0.723. The van der Waals surface area contributed by atoms with E-state index in [0.29, 0.717) is 6.61 Å². The second-order valence-electron chi connectivity index (χ2n) is 4.78. The Bertz CT molecular complexity index is 529. The molecular formula is C14H14BrF3O3. The molecular weight excluding hydrogens is 353 g/mol. The predicted molar refractivity (Wildman–Crippen MR) is 73.5 cm³/mol. The van der Waals surface area contributed by atoms with Gasteiger partial charge in [0.15, 0.2) is 0 Å². The smallest absolute Gasteiger partial charge is 0.411 e. The zero-order valence-electron chi connectivity index (χ0n) is 11.1. The van der Waals surface area contributed by atoms with E-state index in [1.165, 1.54) is 0 Å². The van der Waals surface area contributed by atoms with Gasteiger partial charge in [-0.15, -0.1) is 0 Å². The fourth-order valence-electron chi connectivity index (χ4n) is 2.15. The molecule has 2 rings (SSSR count). The number of carbonyl (C=O) groups is 1. The van der Waals surface area contributed by atoms with Crippen molar-refractivity contribution >= 4 is 21.7 Å². The lowest BCUT2D eigenvalue weighted by atomic mass is 10.0. The van der Waals surface area contributed by atoms with Gasteiger partial charge < -0.3 is 9.47 Å². The summed E-state index contributed by atoms with van der Waals surface area (Å²) in [6, 6.07) is 3.75. The van der Waals surface area contributed by atoms with Gasteiger partial charge in [-0.2, -0.15) is 13.2 Å². The van der Waals surface area contributed by atoms with Gasteiger partial charge >= 0.3 is 6.18 Å². The number of alkyl halides is 3. The number of hydrogen-bond acceptors (Lipinski definition) is 3. The molecule has 0 aliphatic carbocycles. The maximum atomic E-state index is 11.9. The monoisotopic (exact) mass is 366 g/mol. The second-order valence-corrected chi connectivity index (χ2v) is 5.70. The molecule has 0 N–H and O–H groups in total. The molecule has 0 amide bonds. The van der Waals surface area contributed by atoms with Crippen molar-refractivity contribution < 1.29 is 27.4 Å². The van der Waals surface area contributed by atoms with Gasteiger partial charge in [-0.25, -0.2) is 0 Å². The van der Waals surface area contributed by atoms with Crippen LogP contribution >= 0.6 is 15.9 Å². The zero-order valence-corrected chi connectivity index (χ0v) is 12.7. The van der Waals surface area contributed by atoms with Gasteiger partial charge in [-0.05, 0) is 17.7 Å². The number of ketones is 1. The summed E-state index contributed by atoms with van der Waals surface area (Å²) >= 11 is 3.37. The molecule has 0 atom stereocenters. The molecule has 1 aliphatic rings. The molecule has 1 aromatic rings. The number of rotatable bonds is 6. The van der Waals surface area contributed by atoms with E-state index in [1.807, 2.05) is 6.07 Å². The molecule has 0 saturated carbocycles. The molecule has 1 aromatic carbocycles. The lowest BCUT2D eigenvalue weighted by molar-refractivity contribution is -0.174. The summed E-state index contributed by atoms with van der Waals surface area (Å²) < 4.78 is 46.5. The molecule has 1 heterocycles. The van der Waals surface area contributed by atoms with Gasteiger partial charge in [0, 0.05) is 29.3 Å². The van der Waals surface area contributed by atoms with Crippen LogP contribution in [0.2, 0.25) is 0 Å². The molecule has 7 heteroatoms. The Morgan fingerprint density at radius 1 is 1.38 bits per heavy atom. The van der Waals surface area contributed by atoms with Crippen molar-refractivity contribution in [1.29, 1.82) is 0 Å². The van der Waals surface area contributed by atoms with Crippen molar-refractivity contribution in [2.75, 3.05) is 19.8 Å². The maximum absolute atomic E-state index is 11.9. The molecule has 0 bridgehead atoms. The molecule has 21 heavy (non-hydrogen) atoms. The molecule has 0 radical (unpaired) electrons. The SMILES string of the molecule is O=C(CCOCC(F)(F)F)Cc1cc(Br)cc2c1OCC2. The van der Waals surface area contributed by atoms with Gasteiger partial charge in [0.2, 0.25) is 0 Å². The highest BCUT2D eigenvalue weighted by molar-refractivity contribution is 9.10. The first-order chi connectivity index (χ1) is 9.85. The van der Waals surface area contributed by atoms with Crippen molar-refractivity contribution in [1.82, 2.24) is 0 Å². The molecule has 116 valence electrons. The molecule has 0 spiro atoms. The van der Waals surface area contributed by atoms with Crippen LogP contribution in [0.5, 0.6) is 5.75 Å². The highest BCUT2D eigenvalue weighted by Gasteiger charge is 2.27. The Morgan fingerprint density at radius 2 is 2.14 bits per heavy atom. The van der Waals surface area contributed by atoms with Crippen LogP contribution in [0, 0.1) is 0 Å². The number of benzene rings is 1. The number of ether oxygens (including phenoxy) is 2. The average Bonchev–Trinajstić information content (AvgIpc) is 2.81. The van der Waals surface area contributed by atoms with Gasteiger partial charge in [0.05, 0.1) is 13.2 Å². The van der Waals surface area contributed by atoms with Crippen molar-refractivity contribution in [3.05, 3.63) is 27.7 Å². The van der Waals surface area contributed by atoms with Gasteiger partial charge in [0.25, 0.3) is 0 Å². The Kier molecular flexibility index (Phi) is 5.27. The number of fused-ring (bicyclic) bond motifs is 1. The van der Waals surface area contributed by atoms with E-state index in [-0.39, 0.29) is 25.2 Å². The van der Waals surface area contributed by atoms with Crippen LogP contribution in [0.1, 0.15) is 17.5 Å².